The normalized spacial score (nSPS) is 11.8. The van der Waals surface area contributed by atoms with Crippen molar-refractivity contribution in [2.24, 2.45) is 0 Å². The van der Waals surface area contributed by atoms with Gasteiger partial charge in [-0.05, 0) is 26.0 Å². The lowest BCUT2D eigenvalue weighted by atomic mass is 10.1. The van der Waals surface area contributed by atoms with Crippen molar-refractivity contribution in [1.29, 1.82) is 0 Å². The molecule has 1 N–H and O–H groups in total. The molecule has 6 nitrogen and oxygen atoms in total. The molecule has 132 valence electrons. The molecule has 0 fully saturated rings. The predicted molar refractivity (Wildman–Crippen MR) is 97.2 cm³/mol. The molecule has 0 saturated carbocycles. The Morgan fingerprint density at radius 1 is 1.12 bits per heavy atom. The minimum atomic E-state index is -3.55. The standard InChI is InChI=1S/C17H19N3O3S2/c1-11-17(19-12(2)23-11)14-4-6-16(7-5-14)25(21,22)18-9-8-15-10-24-13(3)20-15/h4-7,10,18H,8-9H2,1-3H3. The number of aromatic nitrogens is 2. The van der Waals surface area contributed by atoms with Crippen LogP contribution < -0.4 is 4.72 Å². The molecule has 0 aliphatic carbocycles. The summed E-state index contributed by atoms with van der Waals surface area (Å²) in [6, 6.07) is 6.63. The lowest BCUT2D eigenvalue weighted by Gasteiger charge is -2.07. The number of hydrogen-bond donors (Lipinski definition) is 1. The van der Waals surface area contributed by atoms with Crippen molar-refractivity contribution in [2.75, 3.05) is 6.54 Å². The number of hydrogen-bond acceptors (Lipinski definition) is 6. The van der Waals surface area contributed by atoms with Crippen LogP contribution in [0.4, 0.5) is 0 Å². The van der Waals surface area contributed by atoms with Crippen LogP contribution in [0.15, 0.2) is 39.0 Å². The highest BCUT2D eigenvalue weighted by Gasteiger charge is 2.15. The van der Waals surface area contributed by atoms with E-state index in [9.17, 15) is 8.42 Å². The second kappa shape index (κ2) is 7.07. The third-order valence-corrected chi connectivity index (χ3v) is 5.98. The Bertz CT molecular complexity index is 973. The molecule has 0 aliphatic rings. The van der Waals surface area contributed by atoms with Crippen molar-refractivity contribution < 1.29 is 12.8 Å². The number of rotatable bonds is 6. The summed E-state index contributed by atoms with van der Waals surface area (Å²) in [6.07, 6.45) is 0.569. The van der Waals surface area contributed by atoms with Crippen molar-refractivity contribution in [2.45, 2.75) is 32.1 Å². The lowest BCUT2D eigenvalue weighted by Crippen LogP contribution is -2.26. The fourth-order valence-electron chi connectivity index (χ4n) is 2.51. The van der Waals surface area contributed by atoms with Gasteiger partial charge < -0.3 is 4.42 Å². The molecule has 0 atom stereocenters. The second-order valence-electron chi connectivity index (χ2n) is 5.67. The molecule has 0 spiro atoms. The van der Waals surface area contributed by atoms with Gasteiger partial charge in [-0.3, -0.25) is 0 Å². The van der Waals surface area contributed by atoms with E-state index in [1.165, 1.54) is 0 Å². The Hall–Kier alpha value is -2.03. The molecule has 3 rings (SSSR count). The summed E-state index contributed by atoms with van der Waals surface area (Å²) < 4.78 is 32.8. The summed E-state index contributed by atoms with van der Waals surface area (Å²) in [7, 11) is -3.55. The maximum atomic E-state index is 12.4. The molecule has 0 unspecified atom stereocenters. The molecule has 1 aromatic carbocycles. The average Bonchev–Trinajstić information content (AvgIpc) is 3.12. The number of aryl methyl sites for hydroxylation is 3. The summed E-state index contributed by atoms with van der Waals surface area (Å²) in [5.41, 5.74) is 2.46. The summed E-state index contributed by atoms with van der Waals surface area (Å²) in [4.78, 5) is 8.87. The van der Waals surface area contributed by atoms with E-state index in [1.807, 2.05) is 19.2 Å². The molecule has 2 heterocycles. The topological polar surface area (TPSA) is 85.1 Å². The highest BCUT2D eigenvalue weighted by molar-refractivity contribution is 7.89. The van der Waals surface area contributed by atoms with Gasteiger partial charge in [0.15, 0.2) is 5.89 Å². The Labute approximate surface area is 151 Å². The van der Waals surface area contributed by atoms with Crippen LogP contribution in [-0.2, 0) is 16.4 Å². The Kier molecular flexibility index (Phi) is 5.03. The molecule has 0 aliphatic heterocycles. The number of sulfonamides is 1. The van der Waals surface area contributed by atoms with Gasteiger partial charge in [-0.1, -0.05) is 12.1 Å². The number of nitrogens with zero attached hydrogens (tertiary/aromatic N) is 2. The van der Waals surface area contributed by atoms with Gasteiger partial charge in [0.25, 0.3) is 0 Å². The zero-order valence-corrected chi connectivity index (χ0v) is 15.9. The van der Waals surface area contributed by atoms with E-state index in [2.05, 4.69) is 14.7 Å². The van der Waals surface area contributed by atoms with Gasteiger partial charge in [0, 0.05) is 30.8 Å². The Morgan fingerprint density at radius 2 is 1.84 bits per heavy atom. The second-order valence-corrected chi connectivity index (χ2v) is 8.50. The van der Waals surface area contributed by atoms with Crippen LogP contribution in [0, 0.1) is 20.8 Å². The molecule has 0 amide bonds. The summed E-state index contributed by atoms with van der Waals surface area (Å²) in [5.74, 6) is 1.30. The van der Waals surface area contributed by atoms with E-state index in [4.69, 9.17) is 4.42 Å². The van der Waals surface area contributed by atoms with E-state index < -0.39 is 10.0 Å². The van der Waals surface area contributed by atoms with Crippen molar-refractivity contribution in [3.8, 4) is 11.3 Å². The quantitative estimate of drug-likeness (QED) is 0.713. The third-order valence-electron chi connectivity index (χ3n) is 3.68. The van der Waals surface area contributed by atoms with E-state index in [1.54, 1.807) is 42.5 Å². The van der Waals surface area contributed by atoms with Crippen LogP contribution in [0.25, 0.3) is 11.3 Å². The van der Waals surface area contributed by atoms with Gasteiger partial charge >= 0.3 is 0 Å². The molecule has 2 aromatic heterocycles. The van der Waals surface area contributed by atoms with Crippen molar-refractivity contribution >= 4 is 21.4 Å². The first-order valence-corrected chi connectivity index (χ1v) is 10.2. The van der Waals surface area contributed by atoms with Crippen LogP contribution in [0.5, 0.6) is 0 Å². The first kappa shape index (κ1) is 17.8. The van der Waals surface area contributed by atoms with E-state index in [0.717, 1.165) is 22.0 Å². The molecular weight excluding hydrogens is 358 g/mol. The molecule has 8 heteroatoms. The Morgan fingerprint density at radius 3 is 2.40 bits per heavy atom. The van der Waals surface area contributed by atoms with Crippen LogP contribution in [0.2, 0.25) is 0 Å². The largest absolute Gasteiger partial charge is 0.446 e. The highest BCUT2D eigenvalue weighted by Crippen LogP contribution is 2.24. The van der Waals surface area contributed by atoms with Crippen molar-refractivity contribution in [3.05, 3.63) is 52.0 Å². The van der Waals surface area contributed by atoms with Gasteiger partial charge in [-0.15, -0.1) is 11.3 Å². The zero-order valence-electron chi connectivity index (χ0n) is 14.2. The van der Waals surface area contributed by atoms with Gasteiger partial charge in [0.2, 0.25) is 10.0 Å². The van der Waals surface area contributed by atoms with E-state index >= 15 is 0 Å². The van der Waals surface area contributed by atoms with Crippen LogP contribution >= 0.6 is 11.3 Å². The zero-order chi connectivity index (χ0) is 18.0. The molecule has 25 heavy (non-hydrogen) atoms. The molecule has 0 radical (unpaired) electrons. The smallest absolute Gasteiger partial charge is 0.240 e. The number of nitrogens with one attached hydrogen (secondary N) is 1. The first-order chi connectivity index (χ1) is 11.8. The SMILES string of the molecule is Cc1nc(-c2ccc(S(=O)(=O)NCCc3csc(C)n3)cc2)c(C)o1. The molecule has 3 aromatic rings. The van der Waals surface area contributed by atoms with Crippen molar-refractivity contribution in [3.63, 3.8) is 0 Å². The predicted octanol–water partition coefficient (Wildman–Crippen LogP) is 3.24. The minimum Gasteiger partial charge on any atom is -0.446 e. The lowest BCUT2D eigenvalue weighted by molar-refractivity contribution is 0.495. The van der Waals surface area contributed by atoms with Crippen LogP contribution in [0.1, 0.15) is 22.4 Å². The average molecular weight is 377 g/mol. The summed E-state index contributed by atoms with van der Waals surface area (Å²) >= 11 is 1.56. The van der Waals surface area contributed by atoms with Gasteiger partial charge in [0.1, 0.15) is 11.5 Å². The van der Waals surface area contributed by atoms with Crippen LogP contribution in [-0.4, -0.2) is 24.9 Å². The highest BCUT2D eigenvalue weighted by atomic mass is 32.2. The molecular formula is C17H19N3O3S2. The maximum Gasteiger partial charge on any atom is 0.240 e. The van der Waals surface area contributed by atoms with E-state index in [-0.39, 0.29) is 4.90 Å². The molecule has 0 bridgehead atoms. The van der Waals surface area contributed by atoms with Crippen LogP contribution in [0.3, 0.4) is 0 Å². The monoisotopic (exact) mass is 377 g/mol. The van der Waals surface area contributed by atoms with Crippen molar-refractivity contribution in [1.82, 2.24) is 14.7 Å². The Balaban J connectivity index is 1.68. The maximum absolute atomic E-state index is 12.4. The summed E-state index contributed by atoms with van der Waals surface area (Å²) in [5, 5.41) is 2.92. The number of oxazole rings is 1. The van der Waals surface area contributed by atoms with E-state index in [0.29, 0.717) is 24.6 Å². The van der Waals surface area contributed by atoms with Gasteiger partial charge in [-0.25, -0.2) is 23.1 Å². The first-order valence-electron chi connectivity index (χ1n) is 7.80. The number of benzene rings is 1. The summed E-state index contributed by atoms with van der Waals surface area (Å²) in [6.45, 7) is 5.86. The fraction of sp³-hybridized carbons (Fsp3) is 0.294. The number of thiazole rings is 1. The molecule has 0 saturated heterocycles. The fourth-order valence-corrected chi connectivity index (χ4v) is 4.19. The van der Waals surface area contributed by atoms with Gasteiger partial charge in [0.05, 0.1) is 15.6 Å². The minimum absolute atomic E-state index is 0.226. The van der Waals surface area contributed by atoms with Gasteiger partial charge in [-0.2, -0.15) is 0 Å². The third kappa shape index (κ3) is 4.15.